The van der Waals surface area contributed by atoms with Crippen molar-refractivity contribution >= 4 is 5.91 Å². The van der Waals surface area contributed by atoms with E-state index in [2.05, 4.69) is 10.6 Å². The van der Waals surface area contributed by atoms with Crippen LogP contribution in [0.4, 0.5) is 0 Å². The molecule has 0 saturated heterocycles. The normalized spacial score (nSPS) is 11.9. The zero-order valence-corrected chi connectivity index (χ0v) is 9.91. The van der Waals surface area contributed by atoms with Gasteiger partial charge in [0.25, 0.3) is 0 Å². The van der Waals surface area contributed by atoms with Crippen molar-refractivity contribution in [2.45, 2.75) is 13.0 Å². The summed E-state index contributed by atoms with van der Waals surface area (Å²) < 4.78 is 5.14. The number of methoxy groups -OCH3 is 1. The van der Waals surface area contributed by atoms with Crippen LogP contribution < -0.4 is 15.4 Å². The lowest BCUT2D eigenvalue weighted by Crippen LogP contribution is -2.32. The van der Waals surface area contributed by atoms with Gasteiger partial charge in [0, 0.05) is 13.1 Å². The maximum Gasteiger partial charge on any atom is 0.233 e. The van der Waals surface area contributed by atoms with Crippen LogP contribution in [0.5, 0.6) is 5.75 Å². The van der Waals surface area contributed by atoms with Crippen LogP contribution in [0.2, 0.25) is 0 Å². The number of carbonyl (C=O) groups excluding carboxylic acids is 1. The summed E-state index contributed by atoms with van der Waals surface area (Å²) in [6.07, 6.45) is 0. The predicted molar refractivity (Wildman–Crippen MR) is 63.5 cm³/mol. The van der Waals surface area contributed by atoms with E-state index in [1.54, 1.807) is 14.2 Å². The third kappa shape index (κ3) is 3.55. The van der Waals surface area contributed by atoms with Crippen molar-refractivity contribution < 1.29 is 9.53 Å². The van der Waals surface area contributed by atoms with Gasteiger partial charge >= 0.3 is 0 Å². The Bertz CT molecular complexity index is 353. The van der Waals surface area contributed by atoms with E-state index in [0.29, 0.717) is 6.54 Å². The summed E-state index contributed by atoms with van der Waals surface area (Å²) >= 11 is 0. The van der Waals surface area contributed by atoms with Gasteiger partial charge < -0.3 is 15.4 Å². The Labute approximate surface area is 96.0 Å². The van der Waals surface area contributed by atoms with Crippen LogP contribution in [0.25, 0.3) is 0 Å². The molecule has 0 spiro atoms. The standard InChI is InChI=1S/C12H18N2O2/c1-9(14-8-12(15)13-2)10-5-4-6-11(7-10)16-3/h4-7,9,14H,8H2,1-3H3,(H,13,15). The minimum Gasteiger partial charge on any atom is -0.497 e. The Hall–Kier alpha value is -1.55. The number of benzene rings is 1. The molecule has 1 amide bonds. The van der Waals surface area contributed by atoms with Crippen LogP contribution in [0, 0.1) is 0 Å². The number of ether oxygens (including phenoxy) is 1. The zero-order valence-electron chi connectivity index (χ0n) is 9.91. The van der Waals surface area contributed by atoms with E-state index in [1.165, 1.54) is 0 Å². The Morgan fingerprint density at radius 3 is 2.88 bits per heavy atom. The summed E-state index contributed by atoms with van der Waals surface area (Å²) in [6.45, 7) is 2.33. The largest absolute Gasteiger partial charge is 0.497 e. The second-order valence-corrected chi connectivity index (χ2v) is 3.55. The number of rotatable bonds is 5. The lowest BCUT2D eigenvalue weighted by molar-refractivity contribution is -0.119. The fraction of sp³-hybridized carbons (Fsp3) is 0.417. The first-order valence-corrected chi connectivity index (χ1v) is 5.25. The molecule has 1 aromatic rings. The summed E-state index contributed by atoms with van der Waals surface area (Å²) in [5.74, 6) is 0.806. The van der Waals surface area contributed by atoms with Gasteiger partial charge in [0.15, 0.2) is 0 Å². The highest BCUT2D eigenvalue weighted by atomic mass is 16.5. The van der Waals surface area contributed by atoms with Crippen molar-refractivity contribution in [2.75, 3.05) is 20.7 Å². The van der Waals surface area contributed by atoms with Gasteiger partial charge in [-0.15, -0.1) is 0 Å². The Balaban J connectivity index is 2.58. The van der Waals surface area contributed by atoms with E-state index < -0.39 is 0 Å². The van der Waals surface area contributed by atoms with Crippen molar-refractivity contribution in [1.29, 1.82) is 0 Å². The summed E-state index contributed by atoms with van der Waals surface area (Å²) in [4.78, 5) is 11.1. The molecular weight excluding hydrogens is 204 g/mol. The third-order valence-corrected chi connectivity index (χ3v) is 2.44. The molecule has 0 heterocycles. The predicted octanol–water partition coefficient (Wildman–Crippen LogP) is 1.09. The maximum atomic E-state index is 11.1. The van der Waals surface area contributed by atoms with Crippen molar-refractivity contribution in [1.82, 2.24) is 10.6 Å². The fourth-order valence-corrected chi connectivity index (χ4v) is 1.36. The van der Waals surface area contributed by atoms with Gasteiger partial charge in [0.2, 0.25) is 5.91 Å². The highest BCUT2D eigenvalue weighted by Gasteiger charge is 2.07. The lowest BCUT2D eigenvalue weighted by Gasteiger charge is -2.14. The van der Waals surface area contributed by atoms with Gasteiger partial charge in [-0.2, -0.15) is 0 Å². The lowest BCUT2D eigenvalue weighted by atomic mass is 10.1. The maximum absolute atomic E-state index is 11.1. The Morgan fingerprint density at radius 1 is 1.50 bits per heavy atom. The minimum absolute atomic E-state index is 0.0188. The van der Waals surface area contributed by atoms with Gasteiger partial charge in [0.05, 0.1) is 13.7 Å². The molecule has 0 aliphatic carbocycles. The highest BCUT2D eigenvalue weighted by Crippen LogP contribution is 2.18. The molecular formula is C12H18N2O2. The molecule has 0 aliphatic rings. The fourth-order valence-electron chi connectivity index (χ4n) is 1.36. The van der Waals surface area contributed by atoms with Gasteiger partial charge in [0.1, 0.15) is 5.75 Å². The third-order valence-electron chi connectivity index (χ3n) is 2.44. The van der Waals surface area contributed by atoms with Crippen LogP contribution in [0.3, 0.4) is 0 Å². The van der Waals surface area contributed by atoms with Crippen LogP contribution in [-0.2, 0) is 4.79 Å². The number of nitrogens with one attached hydrogen (secondary N) is 2. The number of hydrogen-bond donors (Lipinski definition) is 2. The van der Waals surface area contributed by atoms with Gasteiger partial charge in [-0.3, -0.25) is 4.79 Å². The van der Waals surface area contributed by atoms with Crippen molar-refractivity contribution in [3.8, 4) is 5.75 Å². The van der Waals surface area contributed by atoms with Crippen LogP contribution in [-0.4, -0.2) is 26.6 Å². The average molecular weight is 222 g/mol. The molecule has 16 heavy (non-hydrogen) atoms. The Kier molecular flexibility index (Phi) is 4.79. The molecule has 0 aliphatic heterocycles. The van der Waals surface area contributed by atoms with E-state index in [0.717, 1.165) is 11.3 Å². The van der Waals surface area contributed by atoms with Crippen LogP contribution in [0.1, 0.15) is 18.5 Å². The topological polar surface area (TPSA) is 50.4 Å². The van der Waals surface area contributed by atoms with E-state index in [9.17, 15) is 4.79 Å². The van der Waals surface area contributed by atoms with Crippen LogP contribution >= 0.6 is 0 Å². The minimum atomic E-state index is -0.0188. The monoisotopic (exact) mass is 222 g/mol. The van der Waals surface area contributed by atoms with E-state index >= 15 is 0 Å². The number of likely N-dealkylation sites (N-methyl/N-ethyl adjacent to an activating group) is 1. The molecule has 88 valence electrons. The molecule has 0 radical (unpaired) electrons. The molecule has 4 nitrogen and oxygen atoms in total. The van der Waals surface area contributed by atoms with Gasteiger partial charge in [-0.1, -0.05) is 12.1 Å². The molecule has 0 saturated carbocycles. The molecule has 1 rings (SSSR count). The number of amides is 1. The summed E-state index contributed by atoms with van der Waals surface area (Å²) in [5, 5.41) is 5.70. The first-order chi connectivity index (χ1) is 7.67. The SMILES string of the molecule is CNC(=O)CNC(C)c1cccc(OC)c1. The summed E-state index contributed by atoms with van der Waals surface area (Å²) in [6, 6.07) is 7.92. The molecule has 1 atom stereocenters. The van der Waals surface area contributed by atoms with Crippen LogP contribution in [0.15, 0.2) is 24.3 Å². The van der Waals surface area contributed by atoms with Crippen molar-refractivity contribution in [2.24, 2.45) is 0 Å². The molecule has 4 heteroatoms. The summed E-state index contributed by atoms with van der Waals surface area (Å²) in [7, 11) is 3.27. The molecule has 0 bridgehead atoms. The van der Waals surface area contributed by atoms with E-state index in [1.807, 2.05) is 31.2 Å². The smallest absolute Gasteiger partial charge is 0.233 e. The van der Waals surface area contributed by atoms with Crippen molar-refractivity contribution in [3.05, 3.63) is 29.8 Å². The molecule has 0 aromatic heterocycles. The molecule has 1 unspecified atom stereocenters. The van der Waals surface area contributed by atoms with Gasteiger partial charge in [-0.25, -0.2) is 0 Å². The van der Waals surface area contributed by atoms with Crippen molar-refractivity contribution in [3.63, 3.8) is 0 Å². The first-order valence-electron chi connectivity index (χ1n) is 5.25. The number of carbonyl (C=O) groups is 1. The average Bonchev–Trinajstić information content (AvgIpc) is 2.35. The molecule has 1 aromatic carbocycles. The second-order valence-electron chi connectivity index (χ2n) is 3.55. The zero-order chi connectivity index (χ0) is 12.0. The van der Waals surface area contributed by atoms with Gasteiger partial charge in [-0.05, 0) is 24.6 Å². The summed E-state index contributed by atoms with van der Waals surface area (Å²) in [5.41, 5.74) is 1.10. The molecule has 2 N–H and O–H groups in total. The quantitative estimate of drug-likeness (QED) is 0.784. The van der Waals surface area contributed by atoms with E-state index in [-0.39, 0.29) is 11.9 Å². The van der Waals surface area contributed by atoms with E-state index in [4.69, 9.17) is 4.74 Å². The number of hydrogen-bond acceptors (Lipinski definition) is 3. The highest BCUT2D eigenvalue weighted by molar-refractivity contribution is 5.77. The second kappa shape index (κ2) is 6.12. The first kappa shape index (κ1) is 12.5. The molecule has 0 fully saturated rings. The Morgan fingerprint density at radius 2 is 2.25 bits per heavy atom.